The molecule has 2 aliphatic carbocycles. The van der Waals surface area contributed by atoms with Crippen molar-refractivity contribution in [2.75, 3.05) is 47.8 Å². The third-order valence-corrected chi connectivity index (χ3v) is 16.2. The number of fused-ring (bicyclic) bond motifs is 14. The van der Waals surface area contributed by atoms with E-state index in [0.717, 1.165) is 0 Å². The van der Waals surface area contributed by atoms with E-state index in [-0.39, 0.29) is 0 Å². The van der Waals surface area contributed by atoms with E-state index >= 15 is 0 Å². The van der Waals surface area contributed by atoms with Crippen LogP contribution in [0.1, 0.15) is 44.5 Å². The molecule has 4 nitrogen and oxygen atoms in total. The molecular weight excluding hydrogens is 885 g/mol. The maximum absolute atomic E-state index is 2.45. The predicted octanol–water partition coefficient (Wildman–Crippen LogP) is 17.4. The van der Waals surface area contributed by atoms with E-state index in [1.807, 2.05) is 0 Å². The molecule has 73 heavy (non-hydrogen) atoms. The van der Waals surface area contributed by atoms with Crippen LogP contribution in [0.3, 0.4) is 0 Å². The Morgan fingerprint density at radius 1 is 0.247 bits per heavy atom. The zero-order valence-electron chi connectivity index (χ0n) is 41.4. The zero-order valence-corrected chi connectivity index (χ0v) is 41.4. The highest BCUT2D eigenvalue weighted by Crippen LogP contribution is 2.63. The van der Waals surface area contributed by atoms with Gasteiger partial charge in [0.05, 0.1) is 50.9 Å². The van der Waals surface area contributed by atoms with E-state index < -0.39 is 5.41 Å². The van der Waals surface area contributed by atoms with Gasteiger partial charge in [-0.05, 0) is 150 Å². The molecule has 0 bridgehead atoms. The molecular formula is C69H52N4. The van der Waals surface area contributed by atoms with E-state index in [4.69, 9.17) is 0 Å². The van der Waals surface area contributed by atoms with Crippen molar-refractivity contribution in [3.05, 3.63) is 263 Å². The van der Waals surface area contributed by atoms with E-state index in [1.165, 1.54) is 135 Å². The first-order chi connectivity index (χ1) is 35.8. The van der Waals surface area contributed by atoms with Crippen molar-refractivity contribution in [1.29, 1.82) is 0 Å². The third kappa shape index (κ3) is 6.53. The van der Waals surface area contributed by atoms with Crippen LogP contribution in [0.15, 0.2) is 218 Å². The van der Waals surface area contributed by atoms with Gasteiger partial charge in [0, 0.05) is 28.2 Å². The largest absolute Gasteiger partial charge is 0.341 e. The van der Waals surface area contributed by atoms with Crippen molar-refractivity contribution in [1.82, 2.24) is 0 Å². The Morgan fingerprint density at radius 3 is 0.959 bits per heavy atom. The van der Waals surface area contributed by atoms with Crippen LogP contribution in [0.5, 0.6) is 0 Å². The number of nitrogens with zero attached hydrogens (tertiary/aromatic N) is 4. The van der Waals surface area contributed by atoms with Gasteiger partial charge >= 0.3 is 0 Å². The lowest BCUT2D eigenvalue weighted by Gasteiger charge is -2.36. The number of para-hydroxylation sites is 4. The Bertz CT molecular complexity index is 3680. The minimum Gasteiger partial charge on any atom is -0.341 e. The second-order valence-electron chi connectivity index (χ2n) is 20.0. The first kappa shape index (κ1) is 42.7. The number of hydrogen-bond acceptors (Lipinski definition) is 4. The van der Waals surface area contributed by atoms with E-state index in [0.29, 0.717) is 0 Å². The summed E-state index contributed by atoms with van der Waals surface area (Å²) in [6, 6.07) is 81.0. The quantitative estimate of drug-likeness (QED) is 0.154. The summed E-state index contributed by atoms with van der Waals surface area (Å²) in [4.78, 5) is 9.18. The molecule has 0 radical (unpaired) electrons. The molecule has 0 saturated carbocycles. The fourth-order valence-electron chi connectivity index (χ4n) is 12.4. The van der Waals surface area contributed by atoms with Crippen molar-refractivity contribution >= 4 is 69.8 Å². The number of benzene rings is 10. The van der Waals surface area contributed by atoms with Crippen LogP contribution in [0.25, 0.3) is 68.8 Å². The Labute approximate surface area is 428 Å². The lowest BCUT2D eigenvalue weighted by atomic mass is 9.70. The highest BCUT2D eigenvalue weighted by molar-refractivity contribution is 5.98. The number of anilines is 8. The van der Waals surface area contributed by atoms with Gasteiger partial charge in [0.2, 0.25) is 0 Å². The SMILES string of the molecule is CN1c2ccccc2N(C)c2cc(-c3ccc(/C=C/c4ccc5c(c4)C4(c6ccccc6-c6ccccc64)c4cc(/C=C/c6ccc(-c7ccc8c(c7)N(C)c7ccccc7N8C)cc6)ccc4-5)cc3)ccc21. The summed E-state index contributed by atoms with van der Waals surface area (Å²) in [7, 11) is 8.63. The van der Waals surface area contributed by atoms with Crippen LogP contribution in [-0.2, 0) is 5.41 Å². The van der Waals surface area contributed by atoms with Gasteiger partial charge in [0.1, 0.15) is 0 Å². The number of hydrogen-bond donors (Lipinski definition) is 0. The molecule has 2 heterocycles. The van der Waals surface area contributed by atoms with Gasteiger partial charge in [0.15, 0.2) is 0 Å². The normalized spacial score (nSPS) is 14.2. The molecule has 348 valence electrons. The fraction of sp³-hybridized carbons (Fsp3) is 0.0725. The maximum Gasteiger partial charge on any atom is 0.0725 e. The summed E-state index contributed by atoms with van der Waals surface area (Å²) in [6.45, 7) is 0. The van der Waals surface area contributed by atoms with Crippen molar-refractivity contribution in [3.8, 4) is 44.5 Å². The van der Waals surface area contributed by atoms with Crippen LogP contribution >= 0.6 is 0 Å². The molecule has 0 N–H and O–H groups in total. The van der Waals surface area contributed by atoms with Crippen LogP contribution in [-0.4, -0.2) is 28.2 Å². The van der Waals surface area contributed by atoms with Gasteiger partial charge < -0.3 is 19.6 Å². The minimum absolute atomic E-state index is 0.450. The lowest BCUT2D eigenvalue weighted by molar-refractivity contribution is 0.793. The molecule has 0 amide bonds. The van der Waals surface area contributed by atoms with Crippen molar-refractivity contribution in [2.24, 2.45) is 0 Å². The van der Waals surface area contributed by atoms with Gasteiger partial charge in [-0.3, -0.25) is 0 Å². The van der Waals surface area contributed by atoms with E-state index in [1.54, 1.807) is 0 Å². The molecule has 1 spiro atoms. The van der Waals surface area contributed by atoms with Crippen LogP contribution in [0.2, 0.25) is 0 Å². The summed E-state index contributed by atoms with van der Waals surface area (Å²) in [5, 5.41) is 0. The molecule has 0 aromatic heterocycles. The standard InChI is InChI=1S/C69H52N4/c1-70-61-17-9-11-19-63(61)72(3)67-43-51(35-39-65(67)70)49-31-25-45(26-32-49)21-23-47-29-37-55-56-38-30-48(42-60(56)69(59(55)41-47)57-15-7-5-13-53(57)54-14-6-8-16-58(54)69)24-22-46-27-33-50(34-28-46)52-36-40-66-68(44-52)73(4)64-20-12-10-18-62(64)71(66)2/h5-44H,1-4H3/b23-21+,24-22+. The smallest absolute Gasteiger partial charge is 0.0725 e. The summed E-state index contributed by atoms with van der Waals surface area (Å²) in [5.74, 6) is 0. The Balaban J connectivity index is 0.766. The summed E-state index contributed by atoms with van der Waals surface area (Å²) < 4.78 is 0. The molecule has 4 aliphatic rings. The highest BCUT2D eigenvalue weighted by Gasteiger charge is 2.51. The Hall–Kier alpha value is -9.12. The molecule has 0 atom stereocenters. The second kappa shape index (κ2) is 16.5. The average molecular weight is 937 g/mol. The topological polar surface area (TPSA) is 13.0 Å². The van der Waals surface area contributed by atoms with Crippen molar-refractivity contribution < 1.29 is 0 Å². The predicted molar refractivity (Wildman–Crippen MR) is 309 cm³/mol. The zero-order chi connectivity index (χ0) is 49.0. The molecule has 0 fully saturated rings. The van der Waals surface area contributed by atoms with Gasteiger partial charge in [-0.2, -0.15) is 0 Å². The Morgan fingerprint density at radius 2 is 0.548 bits per heavy atom. The van der Waals surface area contributed by atoms with Gasteiger partial charge in [-0.1, -0.05) is 182 Å². The number of rotatable bonds is 6. The average Bonchev–Trinajstić information content (AvgIpc) is 3.92. The monoisotopic (exact) mass is 936 g/mol. The third-order valence-electron chi connectivity index (χ3n) is 16.2. The first-order valence-corrected chi connectivity index (χ1v) is 25.3. The second-order valence-corrected chi connectivity index (χ2v) is 20.0. The van der Waals surface area contributed by atoms with Crippen molar-refractivity contribution in [2.45, 2.75) is 5.41 Å². The molecule has 0 saturated heterocycles. The first-order valence-electron chi connectivity index (χ1n) is 25.3. The maximum atomic E-state index is 2.45. The van der Waals surface area contributed by atoms with E-state index in [9.17, 15) is 0 Å². The lowest BCUT2D eigenvalue weighted by Crippen LogP contribution is -2.26. The molecule has 10 aromatic carbocycles. The van der Waals surface area contributed by atoms with Gasteiger partial charge in [0.25, 0.3) is 0 Å². The van der Waals surface area contributed by atoms with Gasteiger partial charge in [-0.25, -0.2) is 0 Å². The molecule has 2 aliphatic heterocycles. The van der Waals surface area contributed by atoms with Crippen LogP contribution in [0.4, 0.5) is 45.5 Å². The summed E-state index contributed by atoms with van der Waals surface area (Å²) in [6.07, 6.45) is 9.06. The molecule has 4 heteroatoms. The molecule has 14 rings (SSSR count). The van der Waals surface area contributed by atoms with E-state index in [2.05, 4.69) is 290 Å². The van der Waals surface area contributed by atoms with Crippen molar-refractivity contribution in [3.63, 3.8) is 0 Å². The van der Waals surface area contributed by atoms with Crippen LogP contribution in [0, 0.1) is 0 Å². The van der Waals surface area contributed by atoms with Gasteiger partial charge in [-0.15, -0.1) is 0 Å². The minimum atomic E-state index is -0.450. The fourth-order valence-corrected chi connectivity index (χ4v) is 12.4. The highest BCUT2D eigenvalue weighted by atomic mass is 15.2. The molecule has 10 aromatic rings. The van der Waals surface area contributed by atoms with Crippen LogP contribution < -0.4 is 19.6 Å². The summed E-state index contributed by atoms with van der Waals surface area (Å²) >= 11 is 0. The molecule has 0 unspecified atom stereocenters. The summed E-state index contributed by atoms with van der Waals surface area (Å²) in [5.41, 5.74) is 29.3. The Kier molecular flexibility index (Phi) is 9.65.